The van der Waals surface area contributed by atoms with Crippen molar-refractivity contribution in [2.24, 2.45) is 5.84 Å². The van der Waals surface area contributed by atoms with Crippen LogP contribution in [0.5, 0.6) is 0 Å². The molecule has 0 radical (unpaired) electrons. The van der Waals surface area contributed by atoms with E-state index in [1.807, 2.05) is 11.1 Å². The summed E-state index contributed by atoms with van der Waals surface area (Å²) in [6, 6.07) is 0.429. The second kappa shape index (κ2) is 2.99. The van der Waals surface area contributed by atoms with Gasteiger partial charge >= 0.3 is 0 Å². The van der Waals surface area contributed by atoms with Crippen LogP contribution in [0.4, 0.5) is 0 Å². The fraction of sp³-hybridized carbons (Fsp3) is 0.714. The van der Waals surface area contributed by atoms with Crippen LogP contribution in [-0.2, 0) is 0 Å². The van der Waals surface area contributed by atoms with Crippen LogP contribution in [0.15, 0.2) is 12.7 Å². The van der Waals surface area contributed by atoms with E-state index in [0.717, 1.165) is 6.54 Å². The fourth-order valence-electron chi connectivity index (χ4n) is 1.23. The van der Waals surface area contributed by atoms with Gasteiger partial charge in [-0.05, 0) is 12.8 Å². The highest BCUT2D eigenvalue weighted by Crippen LogP contribution is 2.13. The van der Waals surface area contributed by atoms with Gasteiger partial charge in [-0.25, -0.2) is 5.01 Å². The number of nitrogens with two attached hydrogens (primary N) is 1. The first-order valence-corrected chi connectivity index (χ1v) is 3.48. The predicted octanol–water partition coefficient (Wildman–Crippen LogP) is 0.901. The molecule has 2 heteroatoms. The molecular formula is C7H14N2. The first-order valence-electron chi connectivity index (χ1n) is 3.48. The molecule has 1 heterocycles. The second-order valence-electron chi connectivity index (χ2n) is 2.54. The normalized spacial score (nSPS) is 30.1. The predicted molar refractivity (Wildman–Crippen MR) is 38.7 cm³/mol. The molecule has 1 saturated heterocycles. The minimum absolute atomic E-state index is 0.429. The SMILES string of the molecule is C=CC1CCCCN1N. The van der Waals surface area contributed by atoms with Crippen molar-refractivity contribution in [3.05, 3.63) is 12.7 Å². The van der Waals surface area contributed by atoms with Crippen LogP contribution in [0, 0.1) is 0 Å². The number of hydrazine groups is 1. The third-order valence-electron chi connectivity index (χ3n) is 1.86. The Hall–Kier alpha value is -0.340. The van der Waals surface area contributed by atoms with E-state index in [0.29, 0.717) is 6.04 Å². The molecule has 0 aliphatic carbocycles. The van der Waals surface area contributed by atoms with Gasteiger partial charge in [0.25, 0.3) is 0 Å². The summed E-state index contributed by atoms with van der Waals surface area (Å²) in [7, 11) is 0. The number of rotatable bonds is 1. The summed E-state index contributed by atoms with van der Waals surface area (Å²) in [6.45, 7) is 4.74. The van der Waals surface area contributed by atoms with E-state index in [-0.39, 0.29) is 0 Å². The van der Waals surface area contributed by atoms with E-state index in [2.05, 4.69) is 6.58 Å². The van der Waals surface area contributed by atoms with Gasteiger partial charge in [-0.3, -0.25) is 5.84 Å². The Morgan fingerprint density at radius 1 is 1.56 bits per heavy atom. The zero-order chi connectivity index (χ0) is 6.69. The third kappa shape index (κ3) is 1.53. The molecule has 1 rings (SSSR count). The van der Waals surface area contributed by atoms with Gasteiger partial charge in [0.1, 0.15) is 0 Å². The van der Waals surface area contributed by atoms with Crippen molar-refractivity contribution in [3.63, 3.8) is 0 Å². The molecule has 0 amide bonds. The molecule has 0 spiro atoms. The molecule has 1 unspecified atom stereocenters. The average molecular weight is 126 g/mol. The summed E-state index contributed by atoms with van der Waals surface area (Å²) in [4.78, 5) is 0. The van der Waals surface area contributed by atoms with Crippen molar-refractivity contribution in [2.45, 2.75) is 25.3 Å². The lowest BCUT2D eigenvalue weighted by atomic mass is 10.0. The summed E-state index contributed by atoms with van der Waals surface area (Å²) >= 11 is 0. The standard InChI is InChI=1S/C7H14N2/c1-2-7-5-3-4-6-9(7)8/h2,7H,1,3-6,8H2. The summed E-state index contributed by atoms with van der Waals surface area (Å²) in [6.07, 6.45) is 5.64. The maximum atomic E-state index is 5.65. The van der Waals surface area contributed by atoms with Crippen molar-refractivity contribution in [1.82, 2.24) is 5.01 Å². The van der Waals surface area contributed by atoms with Crippen LogP contribution in [0.2, 0.25) is 0 Å². The molecule has 1 aliphatic rings. The van der Waals surface area contributed by atoms with Crippen LogP contribution < -0.4 is 5.84 Å². The lowest BCUT2D eigenvalue weighted by molar-refractivity contribution is 0.184. The molecular weight excluding hydrogens is 112 g/mol. The average Bonchev–Trinajstić information content (AvgIpc) is 1.89. The van der Waals surface area contributed by atoms with Crippen LogP contribution in [-0.4, -0.2) is 17.6 Å². The molecule has 0 bridgehead atoms. The van der Waals surface area contributed by atoms with Crippen molar-refractivity contribution < 1.29 is 0 Å². The minimum atomic E-state index is 0.429. The molecule has 0 saturated carbocycles. The van der Waals surface area contributed by atoms with Crippen LogP contribution >= 0.6 is 0 Å². The molecule has 2 nitrogen and oxygen atoms in total. The molecule has 1 fully saturated rings. The van der Waals surface area contributed by atoms with E-state index < -0.39 is 0 Å². The van der Waals surface area contributed by atoms with Gasteiger partial charge < -0.3 is 0 Å². The van der Waals surface area contributed by atoms with Crippen molar-refractivity contribution in [1.29, 1.82) is 0 Å². The first-order chi connectivity index (χ1) is 4.34. The molecule has 0 aromatic carbocycles. The maximum absolute atomic E-state index is 5.65. The van der Waals surface area contributed by atoms with Crippen LogP contribution in [0.3, 0.4) is 0 Å². The van der Waals surface area contributed by atoms with Gasteiger partial charge in [0.05, 0.1) is 0 Å². The molecule has 0 aromatic rings. The third-order valence-corrected chi connectivity index (χ3v) is 1.86. The zero-order valence-electron chi connectivity index (χ0n) is 5.71. The van der Waals surface area contributed by atoms with Gasteiger partial charge in [0.2, 0.25) is 0 Å². The highest BCUT2D eigenvalue weighted by molar-refractivity contribution is 4.87. The Morgan fingerprint density at radius 3 is 2.78 bits per heavy atom. The topological polar surface area (TPSA) is 29.3 Å². The molecule has 1 atom stereocenters. The van der Waals surface area contributed by atoms with E-state index in [1.54, 1.807) is 0 Å². The molecule has 0 aromatic heterocycles. The molecule has 52 valence electrons. The van der Waals surface area contributed by atoms with E-state index in [4.69, 9.17) is 5.84 Å². The second-order valence-corrected chi connectivity index (χ2v) is 2.54. The van der Waals surface area contributed by atoms with Gasteiger partial charge in [-0.1, -0.05) is 12.5 Å². The Morgan fingerprint density at radius 2 is 2.33 bits per heavy atom. The summed E-state index contributed by atoms with van der Waals surface area (Å²) in [5, 5.41) is 1.87. The van der Waals surface area contributed by atoms with E-state index >= 15 is 0 Å². The van der Waals surface area contributed by atoms with E-state index in [9.17, 15) is 0 Å². The fourth-order valence-corrected chi connectivity index (χ4v) is 1.23. The van der Waals surface area contributed by atoms with Crippen molar-refractivity contribution in [2.75, 3.05) is 6.54 Å². The Balaban J connectivity index is 2.38. The summed E-state index contributed by atoms with van der Waals surface area (Å²) in [5.74, 6) is 5.65. The number of nitrogens with zero attached hydrogens (tertiary/aromatic N) is 1. The van der Waals surface area contributed by atoms with E-state index in [1.165, 1.54) is 19.3 Å². The lowest BCUT2D eigenvalue weighted by Gasteiger charge is -2.29. The van der Waals surface area contributed by atoms with Crippen molar-refractivity contribution >= 4 is 0 Å². The van der Waals surface area contributed by atoms with Crippen LogP contribution in [0.25, 0.3) is 0 Å². The van der Waals surface area contributed by atoms with Gasteiger partial charge in [0, 0.05) is 12.6 Å². The highest BCUT2D eigenvalue weighted by Gasteiger charge is 2.14. The van der Waals surface area contributed by atoms with Gasteiger partial charge in [-0.15, -0.1) is 6.58 Å². The minimum Gasteiger partial charge on any atom is -0.268 e. The summed E-state index contributed by atoms with van der Waals surface area (Å²) < 4.78 is 0. The smallest absolute Gasteiger partial charge is 0.0418 e. The largest absolute Gasteiger partial charge is 0.268 e. The maximum Gasteiger partial charge on any atom is 0.0418 e. The van der Waals surface area contributed by atoms with Gasteiger partial charge in [-0.2, -0.15) is 0 Å². The quantitative estimate of drug-likeness (QED) is 0.418. The Bertz CT molecular complexity index is 101. The molecule has 1 aliphatic heterocycles. The number of hydrogen-bond acceptors (Lipinski definition) is 2. The first kappa shape index (κ1) is 6.78. The number of piperidine rings is 1. The van der Waals surface area contributed by atoms with Crippen LogP contribution in [0.1, 0.15) is 19.3 Å². The monoisotopic (exact) mass is 126 g/mol. The Kier molecular flexibility index (Phi) is 2.25. The molecule has 9 heavy (non-hydrogen) atoms. The zero-order valence-corrected chi connectivity index (χ0v) is 5.71. The summed E-state index contributed by atoms with van der Waals surface area (Å²) in [5.41, 5.74) is 0. The molecule has 2 N–H and O–H groups in total. The van der Waals surface area contributed by atoms with Crippen molar-refractivity contribution in [3.8, 4) is 0 Å². The number of hydrogen-bond donors (Lipinski definition) is 1. The Labute approximate surface area is 56.3 Å². The van der Waals surface area contributed by atoms with Gasteiger partial charge in [0.15, 0.2) is 0 Å². The highest BCUT2D eigenvalue weighted by atomic mass is 15.4. The lowest BCUT2D eigenvalue weighted by Crippen LogP contribution is -2.43.